The molecule has 2 fully saturated rings. The Balaban J connectivity index is 1.22. The van der Waals surface area contributed by atoms with Gasteiger partial charge in [0.05, 0.1) is 18.8 Å². The van der Waals surface area contributed by atoms with Gasteiger partial charge in [0.1, 0.15) is 11.9 Å². The Bertz CT molecular complexity index is 1690. The predicted molar refractivity (Wildman–Crippen MR) is 194 cm³/mol. The molecule has 1 saturated carbocycles. The van der Waals surface area contributed by atoms with Gasteiger partial charge in [0.2, 0.25) is 0 Å². The third kappa shape index (κ3) is 7.72. The first-order valence-corrected chi connectivity index (χ1v) is 19.7. The Morgan fingerprint density at radius 2 is 1.98 bits per heavy atom. The fraction of sp³-hybridized carbons (Fsp3) is 0.579. The quantitative estimate of drug-likeness (QED) is 0.258. The topological polar surface area (TPSA) is 91.8 Å². The van der Waals surface area contributed by atoms with E-state index in [1.54, 1.807) is 6.07 Å². The molecule has 6 atom stereocenters. The van der Waals surface area contributed by atoms with Crippen LogP contribution in [0.1, 0.15) is 60.5 Å². The van der Waals surface area contributed by atoms with Gasteiger partial charge in [-0.3, -0.25) is 18.7 Å². The number of esters is 1. The van der Waals surface area contributed by atoms with Crippen LogP contribution in [0.15, 0.2) is 52.9 Å². The lowest BCUT2D eigenvalue weighted by Gasteiger charge is -2.46. The number of carbonyl (C=O) groups excluding carboxylic acids is 2. The van der Waals surface area contributed by atoms with Crippen LogP contribution in [0, 0.1) is 17.8 Å². The van der Waals surface area contributed by atoms with Crippen LogP contribution in [0.4, 0.5) is 5.69 Å². The van der Waals surface area contributed by atoms with Gasteiger partial charge in [0.25, 0.3) is 5.91 Å². The molecular weight excluding hydrogens is 660 g/mol. The summed E-state index contributed by atoms with van der Waals surface area (Å²) in [7, 11) is 0.0405. The Hall–Kier alpha value is -2.92. The van der Waals surface area contributed by atoms with Crippen molar-refractivity contribution >= 4 is 39.8 Å². The molecular formula is C38H49ClN4O5S. The van der Waals surface area contributed by atoms with E-state index < -0.39 is 16.5 Å². The second-order valence-electron chi connectivity index (χ2n) is 15.0. The van der Waals surface area contributed by atoms with Gasteiger partial charge < -0.3 is 19.3 Å². The van der Waals surface area contributed by atoms with Gasteiger partial charge in [-0.15, -0.1) is 0 Å². The van der Waals surface area contributed by atoms with Gasteiger partial charge in [0, 0.05) is 77.5 Å². The maximum absolute atomic E-state index is 13.4. The Morgan fingerprint density at radius 3 is 2.78 bits per heavy atom. The molecule has 0 N–H and O–H groups in total. The average molecular weight is 709 g/mol. The van der Waals surface area contributed by atoms with Gasteiger partial charge in [-0.05, 0) is 105 Å². The van der Waals surface area contributed by atoms with E-state index in [4.69, 9.17) is 21.1 Å². The number of anilines is 1. The average Bonchev–Trinajstić information content (AvgIpc) is 3.20. The van der Waals surface area contributed by atoms with Crippen molar-refractivity contribution in [2.75, 3.05) is 70.1 Å². The maximum Gasteiger partial charge on any atom is 0.320 e. The number of piperazine rings is 1. The first kappa shape index (κ1) is 34.5. The van der Waals surface area contributed by atoms with Gasteiger partial charge in [-0.2, -0.15) is 4.36 Å². The van der Waals surface area contributed by atoms with E-state index in [2.05, 4.69) is 50.4 Å². The highest BCUT2D eigenvalue weighted by Crippen LogP contribution is 2.47. The zero-order valence-corrected chi connectivity index (χ0v) is 30.3. The summed E-state index contributed by atoms with van der Waals surface area (Å²) < 4.78 is 30.1. The molecule has 1 unspecified atom stereocenters. The predicted octanol–water partition coefficient (Wildman–Crippen LogP) is 5.40. The first-order valence-electron chi connectivity index (χ1n) is 17.9. The van der Waals surface area contributed by atoms with Gasteiger partial charge in [0.15, 0.2) is 0 Å². The summed E-state index contributed by atoms with van der Waals surface area (Å²) in [6.07, 6.45) is 9.49. The number of halogens is 1. The van der Waals surface area contributed by atoms with Crippen LogP contribution in [-0.2, 0) is 32.0 Å². The van der Waals surface area contributed by atoms with E-state index in [0.717, 1.165) is 87.8 Å². The summed E-state index contributed by atoms with van der Waals surface area (Å²) in [6.45, 7) is 7.92. The van der Waals surface area contributed by atoms with Crippen LogP contribution >= 0.6 is 11.6 Å². The minimum atomic E-state index is -2.07. The van der Waals surface area contributed by atoms with E-state index >= 15 is 0 Å². The summed E-state index contributed by atoms with van der Waals surface area (Å²) in [5, 5.41) is 0.747. The molecule has 9 nitrogen and oxygen atoms in total. The molecule has 0 radical (unpaired) electrons. The lowest BCUT2D eigenvalue weighted by Crippen LogP contribution is -2.50. The van der Waals surface area contributed by atoms with Crippen LogP contribution in [0.2, 0.25) is 5.02 Å². The number of fused-ring (bicyclic) bond motifs is 4. The summed E-state index contributed by atoms with van der Waals surface area (Å²) >= 11 is 6.46. The van der Waals surface area contributed by atoms with Crippen LogP contribution in [0.25, 0.3) is 0 Å². The molecule has 3 heterocycles. The Morgan fingerprint density at radius 1 is 1.14 bits per heavy atom. The number of nitrogens with zero attached hydrogens (tertiary/aromatic N) is 4. The zero-order valence-electron chi connectivity index (χ0n) is 28.7. The van der Waals surface area contributed by atoms with Crippen molar-refractivity contribution in [2.45, 2.75) is 57.0 Å². The number of carbonyl (C=O) groups is 2. The number of thiol groups is 1. The van der Waals surface area contributed by atoms with Crippen molar-refractivity contribution in [3.8, 4) is 5.75 Å². The molecule has 1 saturated heterocycles. The summed E-state index contributed by atoms with van der Waals surface area (Å²) in [5.74, 6) is 0.937. The summed E-state index contributed by atoms with van der Waals surface area (Å²) in [6, 6.07) is 11.8. The minimum Gasteiger partial charge on any atom is -0.490 e. The van der Waals surface area contributed by atoms with Gasteiger partial charge >= 0.3 is 5.97 Å². The molecule has 264 valence electrons. The Labute approximate surface area is 297 Å². The van der Waals surface area contributed by atoms with Crippen LogP contribution in [-0.4, -0.2) is 97.2 Å². The summed E-state index contributed by atoms with van der Waals surface area (Å²) in [5.41, 5.74) is 3.58. The van der Waals surface area contributed by atoms with Crippen LogP contribution in [0.5, 0.6) is 5.75 Å². The van der Waals surface area contributed by atoms with Crippen molar-refractivity contribution in [2.24, 2.45) is 22.1 Å². The van der Waals surface area contributed by atoms with Crippen molar-refractivity contribution in [3.05, 3.63) is 70.3 Å². The van der Waals surface area contributed by atoms with Crippen molar-refractivity contribution in [1.82, 2.24) is 9.80 Å². The second-order valence-corrected chi connectivity index (χ2v) is 16.7. The number of hydrogen-bond donors (Lipinski definition) is 1. The fourth-order valence-electron chi connectivity index (χ4n) is 8.42. The molecule has 3 aliphatic heterocycles. The molecule has 7 rings (SSSR count). The van der Waals surface area contributed by atoms with Crippen molar-refractivity contribution in [3.63, 3.8) is 0 Å². The third-order valence-corrected chi connectivity index (χ3v) is 13.0. The molecule has 1 spiro atoms. The van der Waals surface area contributed by atoms with E-state index in [1.807, 2.05) is 25.1 Å². The van der Waals surface area contributed by atoms with Crippen molar-refractivity contribution in [1.29, 1.82) is 0 Å². The molecule has 2 aromatic rings. The molecule has 1 amide bonds. The van der Waals surface area contributed by atoms with Crippen molar-refractivity contribution < 1.29 is 23.3 Å². The molecule has 2 bridgehead atoms. The van der Waals surface area contributed by atoms with E-state index in [0.29, 0.717) is 30.9 Å². The molecule has 2 aromatic carbocycles. The second kappa shape index (κ2) is 14.7. The first-order chi connectivity index (χ1) is 23.7. The molecule has 0 aromatic heterocycles. The summed E-state index contributed by atoms with van der Waals surface area (Å²) in [4.78, 5) is 33.6. The van der Waals surface area contributed by atoms with Gasteiger partial charge in [-0.25, -0.2) is 0 Å². The number of rotatable bonds is 3. The van der Waals surface area contributed by atoms with Crippen LogP contribution < -0.4 is 9.64 Å². The Kier molecular flexibility index (Phi) is 10.4. The highest BCUT2D eigenvalue weighted by molar-refractivity contribution is 7.75. The number of ether oxygens (including phenoxy) is 2. The normalized spacial score (nSPS) is 32.0. The highest BCUT2D eigenvalue weighted by Gasteiger charge is 2.45. The standard InChI is InChI=1S/C38H49ClN4O5S/c1-26-5-3-7-34(48-36(44)22-42-17-15-41(2)16-18-42)31-11-8-29(31)21-43-24-38(14-4-6-27-19-30(39)10-12-32(27)38)25-47-35-13-9-28(20-33(35)43)37(45)40-49(46)23-26/h3,7,9-10,12-13,19-20,26,29,31,34,49H,4-6,8,11,14-18,21-25H2,1-2H3/b7-3+/t26-,29-,31+,34-,38-/m0/s1. The lowest BCUT2D eigenvalue weighted by molar-refractivity contribution is -0.153. The van der Waals surface area contributed by atoms with Gasteiger partial charge in [-0.1, -0.05) is 30.7 Å². The smallest absolute Gasteiger partial charge is 0.320 e. The number of benzene rings is 2. The molecule has 11 heteroatoms. The number of aryl methyl sites for hydroxylation is 1. The minimum absolute atomic E-state index is 0.0589. The van der Waals surface area contributed by atoms with E-state index in [1.165, 1.54) is 11.1 Å². The van der Waals surface area contributed by atoms with E-state index in [-0.39, 0.29) is 35.2 Å². The largest absolute Gasteiger partial charge is 0.490 e. The molecule has 2 aliphatic carbocycles. The zero-order chi connectivity index (χ0) is 34.1. The number of hydrogen-bond acceptors (Lipinski definition) is 8. The van der Waals surface area contributed by atoms with E-state index in [9.17, 15) is 13.8 Å². The molecule has 49 heavy (non-hydrogen) atoms. The number of amides is 1. The number of allylic oxidation sites excluding steroid dienone is 1. The highest BCUT2D eigenvalue weighted by atomic mass is 35.5. The lowest BCUT2D eigenvalue weighted by atomic mass is 9.68. The monoisotopic (exact) mass is 708 g/mol. The van der Waals surface area contributed by atoms with Crippen LogP contribution in [0.3, 0.4) is 0 Å². The molecule has 5 aliphatic rings. The third-order valence-electron chi connectivity index (χ3n) is 11.4. The fourth-order valence-corrected chi connectivity index (χ4v) is 9.69. The SMILES string of the molecule is C[C@H]1C/C=C/[C@H](OC(=O)CN2CCN(C)CC2)[C@@H]2CC[C@H]2CN2C[C@@]3(CCCc4cc(Cl)ccc43)COc3ccc(cc32)C(=O)/N=[SH](=O)\C1. The maximum atomic E-state index is 13.4. The number of likely N-dealkylation sites (N-methyl/N-ethyl adjacent to an activating group) is 1.